The van der Waals surface area contributed by atoms with Crippen molar-refractivity contribution in [3.05, 3.63) is 66.0 Å². The number of aromatic nitrogens is 2. The first-order chi connectivity index (χ1) is 11.3. The normalized spacial score (nSPS) is 17.1. The van der Waals surface area contributed by atoms with E-state index in [0.29, 0.717) is 18.5 Å². The number of hydrogen-bond donors (Lipinski definition) is 0. The van der Waals surface area contributed by atoms with Crippen LogP contribution in [0.5, 0.6) is 0 Å². The van der Waals surface area contributed by atoms with Crippen molar-refractivity contribution in [1.29, 1.82) is 0 Å². The molecule has 0 radical (unpaired) electrons. The van der Waals surface area contributed by atoms with E-state index in [1.165, 1.54) is 11.3 Å². The first kappa shape index (κ1) is 14.0. The molecule has 0 spiro atoms. The van der Waals surface area contributed by atoms with Gasteiger partial charge in [0.25, 0.3) is 5.89 Å². The summed E-state index contributed by atoms with van der Waals surface area (Å²) in [6.45, 7) is 2.93. The van der Waals surface area contributed by atoms with E-state index in [1.807, 2.05) is 30.3 Å². The van der Waals surface area contributed by atoms with E-state index in [1.54, 1.807) is 0 Å². The number of para-hydroxylation sites is 1. The molecule has 4 rings (SSSR count). The van der Waals surface area contributed by atoms with Crippen LogP contribution in [0, 0.1) is 0 Å². The minimum atomic E-state index is 0.476. The summed E-state index contributed by atoms with van der Waals surface area (Å²) in [5.74, 6) is 1.31. The van der Waals surface area contributed by atoms with Gasteiger partial charge in [0.05, 0.1) is 6.54 Å². The van der Waals surface area contributed by atoms with Crippen molar-refractivity contribution in [2.24, 2.45) is 0 Å². The summed E-state index contributed by atoms with van der Waals surface area (Å²) in [5, 5.41) is 4.17. The minimum absolute atomic E-state index is 0.476. The Bertz CT molecular complexity index is 797. The van der Waals surface area contributed by atoms with Gasteiger partial charge in [0.15, 0.2) is 5.82 Å². The second-order valence-corrected chi connectivity index (χ2v) is 6.03. The van der Waals surface area contributed by atoms with Crippen molar-refractivity contribution >= 4 is 5.69 Å². The Labute approximate surface area is 135 Å². The highest BCUT2D eigenvalue weighted by molar-refractivity contribution is 5.56. The fourth-order valence-corrected chi connectivity index (χ4v) is 3.17. The summed E-state index contributed by atoms with van der Waals surface area (Å²) >= 11 is 0. The van der Waals surface area contributed by atoms with Gasteiger partial charge in [-0.25, -0.2) is 0 Å². The molecule has 0 bridgehead atoms. The summed E-state index contributed by atoms with van der Waals surface area (Å²) in [7, 11) is 0. The number of benzene rings is 2. The Hall–Kier alpha value is -2.62. The lowest BCUT2D eigenvalue weighted by molar-refractivity contribution is 0.419. The zero-order chi connectivity index (χ0) is 15.6. The molecule has 4 heteroatoms. The van der Waals surface area contributed by atoms with Crippen molar-refractivity contribution in [1.82, 2.24) is 10.1 Å². The largest absolute Gasteiger partial charge is 0.361 e. The van der Waals surface area contributed by atoms with Crippen molar-refractivity contribution in [2.45, 2.75) is 32.4 Å². The van der Waals surface area contributed by atoms with Crippen LogP contribution in [-0.4, -0.2) is 16.2 Å². The number of rotatable bonds is 3. The summed E-state index contributed by atoms with van der Waals surface area (Å²) < 4.78 is 5.43. The summed E-state index contributed by atoms with van der Waals surface area (Å²) in [6, 6.07) is 19.0. The molecule has 1 unspecified atom stereocenters. The third-order valence-corrected chi connectivity index (χ3v) is 4.47. The Kier molecular flexibility index (Phi) is 3.58. The van der Waals surface area contributed by atoms with Crippen molar-refractivity contribution in [3.8, 4) is 11.5 Å². The second kappa shape index (κ2) is 5.88. The van der Waals surface area contributed by atoms with Gasteiger partial charge in [-0.2, -0.15) is 4.98 Å². The summed E-state index contributed by atoms with van der Waals surface area (Å²) in [6.07, 6.45) is 2.29. The quantitative estimate of drug-likeness (QED) is 0.731. The molecule has 1 aliphatic rings. The van der Waals surface area contributed by atoms with Crippen LogP contribution in [0.4, 0.5) is 5.69 Å². The van der Waals surface area contributed by atoms with Gasteiger partial charge >= 0.3 is 0 Å². The highest BCUT2D eigenvalue weighted by Gasteiger charge is 2.24. The van der Waals surface area contributed by atoms with Crippen molar-refractivity contribution < 1.29 is 4.52 Å². The van der Waals surface area contributed by atoms with Gasteiger partial charge in [0, 0.05) is 17.3 Å². The molecule has 4 nitrogen and oxygen atoms in total. The molecule has 3 aromatic rings. The molecule has 116 valence electrons. The van der Waals surface area contributed by atoms with Gasteiger partial charge in [0.1, 0.15) is 0 Å². The van der Waals surface area contributed by atoms with Crippen LogP contribution in [0.2, 0.25) is 0 Å². The fourth-order valence-electron chi connectivity index (χ4n) is 3.17. The third-order valence-electron chi connectivity index (χ3n) is 4.47. The first-order valence-corrected chi connectivity index (χ1v) is 8.04. The lowest BCUT2D eigenvalue weighted by Gasteiger charge is -2.36. The number of anilines is 1. The van der Waals surface area contributed by atoms with E-state index in [9.17, 15) is 0 Å². The number of nitrogens with zero attached hydrogens (tertiary/aromatic N) is 3. The molecule has 2 heterocycles. The van der Waals surface area contributed by atoms with E-state index >= 15 is 0 Å². The van der Waals surface area contributed by atoms with Gasteiger partial charge in [-0.05, 0) is 43.5 Å². The predicted octanol–water partition coefficient (Wildman–Crippen LogP) is 4.08. The highest BCUT2D eigenvalue weighted by atomic mass is 16.5. The number of fused-ring (bicyclic) bond motifs is 1. The Balaban J connectivity index is 1.60. The van der Waals surface area contributed by atoms with E-state index in [0.717, 1.165) is 24.2 Å². The van der Waals surface area contributed by atoms with Crippen LogP contribution >= 0.6 is 0 Å². The average molecular weight is 305 g/mol. The van der Waals surface area contributed by atoms with Gasteiger partial charge in [0.2, 0.25) is 0 Å². The summed E-state index contributed by atoms with van der Waals surface area (Å²) in [4.78, 5) is 6.94. The Morgan fingerprint density at radius 1 is 1.09 bits per heavy atom. The smallest absolute Gasteiger partial charge is 0.257 e. The average Bonchev–Trinajstić information content (AvgIpc) is 3.07. The summed E-state index contributed by atoms with van der Waals surface area (Å²) in [5.41, 5.74) is 3.65. The maximum absolute atomic E-state index is 5.43. The Morgan fingerprint density at radius 3 is 2.74 bits per heavy atom. The fraction of sp³-hybridized carbons (Fsp3) is 0.263. The van der Waals surface area contributed by atoms with E-state index in [2.05, 4.69) is 46.2 Å². The molecule has 1 aromatic heterocycles. The molecule has 1 atom stereocenters. The molecule has 0 fully saturated rings. The van der Waals surface area contributed by atoms with Crippen molar-refractivity contribution in [3.63, 3.8) is 0 Å². The Morgan fingerprint density at radius 2 is 1.87 bits per heavy atom. The zero-order valence-corrected chi connectivity index (χ0v) is 13.1. The first-order valence-electron chi connectivity index (χ1n) is 8.04. The molecule has 0 N–H and O–H groups in total. The van der Waals surface area contributed by atoms with Crippen LogP contribution in [0.3, 0.4) is 0 Å². The standard InChI is InChI=1S/C19H19N3O/c1-14-11-12-15-7-5-6-10-17(15)22(14)13-18-20-19(23-21-18)16-8-3-2-4-9-16/h2-10,14H,11-13H2,1H3. The van der Waals surface area contributed by atoms with E-state index in [-0.39, 0.29) is 0 Å². The molecule has 2 aromatic carbocycles. The monoisotopic (exact) mass is 305 g/mol. The molecule has 1 aliphatic heterocycles. The van der Waals surface area contributed by atoms with Gasteiger partial charge in [-0.3, -0.25) is 0 Å². The van der Waals surface area contributed by atoms with E-state index in [4.69, 9.17) is 4.52 Å². The second-order valence-electron chi connectivity index (χ2n) is 6.03. The maximum Gasteiger partial charge on any atom is 0.257 e. The predicted molar refractivity (Wildman–Crippen MR) is 90.1 cm³/mol. The van der Waals surface area contributed by atoms with Gasteiger partial charge < -0.3 is 9.42 Å². The van der Waals surface area contributed by atoms with Crippen LogP contribution in [0.1, 0.15) is 24.7 Å². The molecule has 0 amide bonds. The van der Waals surface area contributed by atoms with Crippen LogP contribution in [-0.2, 0) is 13.0 Å². The lowest BCUT2D eigenvalue weighted by Crippen LogP contribution is -2.37. The number of hydrogen-bond acceptors (Lipinski definition) is 4. The third kappa shape index (κ3) is 2.72. The minimum Gasteiger partial charge on any atom is -0.361 e. The van der Waals surface area contributed by atoms with Crippen LogP contribution in [0.15, 0.2) is 59.1 Å². The molecule has 0 saturated carbocycles. The molecule has 23 heavy (non-hydrogen) atoms. The van der Waals surface area contributed by atoms with Gasteiger partial charge in [-0.1, -0.05) is 41.6 Å². The molecule has 0 saturated heterocycles. The van der Waals surface area contributed by atoms with Crippen LogP contribution in [0.25, 0.3) is 11.5 Å². The molecular formula is C19H19N3O. The van der Waals surface area contributed by atoms with Gasteiger partial charge in [-0.15, -0.1) is 0 Å². The van der Waals surface area contributed by atoms with Crippen LogP contribution < -0.4 is 4.90 Å². The topological polar surface area (TPSA) is 42.2 Å². The van der Waals surface area contributed by atoms with Crippen molar-refractivity contribution in [2.75, 3.05) is 4.90 Å². The highest BCUT2D eigenvalue weighted by Crippen LogP contribution is 2.31. The van der Waals surface area contributed by atoms with E-state index < -0.39 is 0 Å². The lowest BCUT2D eigenvalue weighted by atomic mass is 9.97. The number of aryl methyl sites for hydroxylation is 1. The SMILES string of the molecule is CC1CCc2ccccc2N1Cc1noc(-c2ccccc2)n1. The zero-order valence-electron chi connectivity index (χ0n) is 13.1. The molecule has 0 aliphatic carbocycles. The molecular weight excluding hydrogens is 286 g/mol. The maximum atomic E-state index is 5.43.